The predicted octanol–water partition coefficient (Wildman–Crippen LogP) is 14.3. The number of aromatic nitrogens is 2. The molecular formula is C60H62N2. The van der Waals surface area contributed by atoms with Crippen molar-refractivity contribution >= 4 is 45.8 Å². The van der Waals surface area contributed by atoms with Gasteiger partial charge in [0.15, 0.2) is 0 Å². The van der Waals surface area contributed by atoms with Crippen LogP contribution >= 0.6 is 0 Å². The Bertz CT molecular complexity index is 2890. The van der Waals surface area contributed by atoms with E-state index in [4.69, 9.17) is 18.1 Å². The number of allylic oxidation sites excluding steroid dienone is 23. The third-order valence-corrected chi connectivity index (χ3v) is 15.0. The number of nitrogens with zero attached hydrogens (tertiary/aromatic N) is 2. The Morgan fingerprint density at radius 2 is 1.60 bits per heavy atom. The zero-order valence-electron chi connectivity index (χ0n) is 37.3. The maximum absolute atomic E-state index is 5.27. The van der Waals surface area contributed by atoms with Crippen LogP contribution < -0.4 is 10.4 Å². The Kier molecular flexibility index (Phi) is 11.2. The van der Waals surface area contributed by atoms with E-state index in [1.807, 2.05) is 0 Å². The lowest BCUT2D eigenvalue weighted by Crippen LogP contribution is -2.33. The van der Waals surface area contributed by atoms with Crippen LogP contribution in [0.25, 0.3) is 45.8 Å². The largest absolute Gasteiger partial charge is 0.297 e. The molecule has 0 bridgehead atoms. The maximum Gasteiger partial charge on any atom is 0.140 e. The molecule has 0 spiro atoms. The summed E-state index contributed by atoms with van der Waals surface area (Å²) in [6, 6.07) is 9.09. The molecule has 3 atom stereocenters. The first kappa shape index (κ1) is 40.3. The average Bonchev–Trinajstić information content (AvgIpc) is 3.71. The molecule has 0 saturated heterocycles. The molecule has 0 saturated carbocycles. The van der Waals surface area contributed by atoms with Crippen molar-refractivity contribution in [3.63, 3.8) is 0 Å². The smallest absolute Gasteiger partial charge is 0.140 e. The molecule has 7 aliphatic rings. The SMILES string of the molecule is C=C(CCC1CC(c2c3c(c(C)c4ccccc24)=CCCC=3)=CC=C1C)C1=C2C=CC=CC2C(/C(=C/C)CCC(=C)c2nc3c(n2C2=CC=CCC2)C=CCC3)C2=CCCC=C21. The highest BCUT2D eigenvalue weighted by Gasteiger charge is 2.39. The Morgan fingerprint density at radius 1 is 0.790 bits per heavy atom. The highest BCUT2D eigenvalue weighted by molar-refractivity contribution is 5.97. The average molecular weight is 811 g/mol. The number of rotatable bonds is 11. The highest BCUT2D eigenvalue weighted by Crippen LogP contribution is 2.52. The molecule has 2 heteroatoms. The van der Waals surface area contributed by atoms with Gasteiger partial charge >= 0.3 is 0 Å². The maximum atomic E-state index is 5.27. The molecule has 1 aromatic heterocycles. The molecule has 1 heterocycles. The molecule has 0 radical (unpaired) electrons. The molecule has 0 amide bonds. The van der Waals surface area contributed by atoms with Crippen LogP contribution in [0.5, 0.6) is 0 Å². The molecule has 0 fully saturated rings. The van der Waals surface area contributed by atoms with Gasteiger partial charge in [-0.05, 0) is 194 Å². The third-order valence-electron chi connectivity index (χ3n) is 15.0. The lowest BCUT2D eigenvalue weighted by atomic mass is 9.62. The van der Waals surface area contributed by atoms with Crippen molar-refractivity contribution in [1.29, 1.82) is 0 Å². The van der Waals surface area contributed by atoms with Gasteiger partial charge in [-0.2, -0.15) is 0 Å². The summed E-state index contributed by atoms with van der Waals surface area (Å²) in [4.78, 5) is 5.27. The van der Waals surface area contributed by atoms with E-state index in [1.54, 1.807) is 0 Å². The van der Waals surface area contributed by atoms with Crippen molar-refractivity contribution in [3.05, 3.63) is 194 Å². The second-order valence-corrected chi connectivity index (χ2v) is 18.6. The van der Waals surface area contributed by atoms with Crippen molar-refractivity contribution < 1.29 is 0 Å². The van der Waals surface area contributed by atoms with Crippen LogP contribution in [0.3, 0.4) is 0 Å². The number of hydrogen-bond acceptors (Lipinski definition) is 1. The summed E-state index contributed by atoms with van der Waals surface area (Å²) in [5.74, 6) is 2.12. The molecule has 10 rings (SSSR count). The van der Waals surface area contributed by atoms with Crippen molar-refractivity contribution in [3.8, 4) is 0 Å². The Hall–Kier alpha value is -5.73. The number of fused-ring (bicyclic) bond motifs is 5. The standard InChI is InChI=1S/C60H62N2/c1-6-43(35-34-41(4)60-61-55-30-18-19-31-56(55)62(60)46-20-8-7-9-21-46)58-53-28-16-14-26-51(53)57(52-27-15-17-29-54(52)58)40(3)33-36-44-38-45(37-32-39(44)2)59-49-24-12-10-22-47(49)42(5)48-23-11-13-25-50(48)59/h6-8,10,12,14,16,19-20,22-29,31-32,37,44,53,58H,3-4,9,11,13,15,17-18,21,30,33-36,38H2,1-2,5H3/b43-6+. The molecule has 3 unspecified atom stereocenters. The second kappa shape index (κ2) is 17.2. The van der Waals surface area contributed by atoms with Gasteiger partial charge in [-0.3, -0.25) is 4.57 Å². The van der Waals surface area contributed by atoms with Crippen LogP contribution in [0, 0.1) is 24.7 Å². The Morgan fingerprint density at radius 3 is 2.44 bits per heavy atom. The van der Waals surface area contributed by atoms with E-state index >= 15 is 0 Å². The Labute approximate surface area is 370 Å². The minimum Gasteiger partial charge on any atom is -0.297 e. The van der Waals surface area contributed by atoms with E-state index in [9.17, 15) is 0 Å². The highest BCUT2D eigenvalue weighted by atomic mass is 15.1. The summed E-state index contributed by atoms with van der Waals surface area (Å²) >= 11 is 0. The van der Waals surface area contributed by atoms with Crippen molar-refractivity contribution in [2.24, 2.45) is 17.8 Å². The summed E-state index contributed by atoms with van der Waals surface area (Å²) < 4.78 is 2.42. The number of hydrogen-bond donors (Lipinski definition) is 0. The van der Waals surface area contributed by atoms with Crippen molar-refractivity contribution in [2.45, 2.75) is 104 Å². The molecule has 7 aliphatic carbocycles. The van der Waals surface area contributed by atoms with Gasteiger partial charge in [0.05, 0.1) is 11.4 Å². The summed E-state index contributed by atoms with van der Waals surface area (Å²) in [6.07, 6.45) is 51.6. The number of aryl methyl sites for hydroxylation is 2. The molecule has 0 N–H and O–H groups in total. The first-order chi connectivity index (χ1) is 30.4. The molecule has 312 valence electrons. The van der Waals surface area contributed by atoms with E-state index in [2.05, 4.69) is 147 Å². The molecule has 62 heavy (non-hydrogen) atoms. The monoisotopic (exact) mass is 810 g/mol. The lowest BCUT2D eigenvalue weighted by molar-refractivity contribution is 0.541. The summed E-state index contributed by atoms with van der Waals surface area (Å²) in [6.45, 7) is 16.6. The molecule has 0 aliphatic heterocycles. The fourth-order valence-electron chi connectivity index (χ4n) is 11.7. The fourth-order valence-corrected chi connectivity index (χ4v) is 11.7. The summed E-state index contributed by atoms with van der Waals surface area (Å²) in [7, 11) is 0. The van der Waals surface area contributed by atoms with Crippen LogP contribution in [-0.4, -0.2) is 9.55 Å². The minimum absolute atomic E-state index is 0.284. The first-order valence-corrected chi connectivity index (χ1v) is 23.7. The van der Waals surface area contributed by atoms with Gasteiger partial charge in [0.1, 0.15) is 5.82 Å². The van der Waals surface area contributed by atoms with Crippen LogP contribution in [0.2, 0.25) is 0 Å². The second-order valence-electron chi connectivity index (χ2n) is 18.6. The van der Waals surface area contributed by atoms with Crippen molar-refractivity contribution in [2.75, 3.05) is 0 Å². The molecule has 2 nitrogen and oxygen atoms in total. The minimum atomic E-state index is 0.284. The van der Waals surface area contributed by atoms with E-state index in [1.165, 1.54) is 94.0 Å². The van der Waals surface area contributed by atoms with Gasteiger partial charge in [0.25, 0.3) is 0 Å². The molecule has 2 aromatic carbocycles. The predicted molar refractivity (Wildman–Crippen MR) is 266 cm³/mol. The lowest BCUT2D eigenvalue weighted by Gasteiger charge is -2.41. The van der Waals surface area contributed by atoms with Gasteiger partial charge in [-0.1, -0.05) is 134 Å². The first-order valence-electron chi connectivity index (χ1n) is 23.7. The van der Waals surface area contributed by atoms with Gasteiger partial charge in [-0.15, -0.1) is 0 Å². The topological polar surface area (TPSA) is 17.8 Å². The zero-order chi connectivity index (χ0) is 42.3. The van der Waals surface area contributed by atoms with Crippen molar-refractivity contribution in [1.82, 2.24) is 9.55 Å². The van der Waals surface area contributed by atoms with E-state index in [0.29, 0.717) is 11.8 Å². The fraction of sp³-hybridized carbons (Fsp3) is 0.317. The van der Waals surface area contributed by atoms with E-state index in [0.717, 1.165) is 94.9 Å². The number of imidazole rings is 1. The zero-order valence-corrected chi connectivity index (χ0v) is 37.3. The van der Waals surface area contributed by atoms with Crippen LogP contribution in [0.15, 0.2) is 155 Å². The molecule has 3 aromatic rings. The normalized spacial score (nSPS) is 22.6. The van der Waals surface area contributed by atoms with Crippen LogP contribution in [0.1, 0.15) is 119 Å². The van der Waals surface area contributed by atoms with Crippen LogP contribution in [-0.2, 0) is 6.42 Å². The van der Waals surface area contributed by atoms with Gasteiger partial charge in [0, 0.05) is 17.5 Å². The van der Waals surface area contributed by atoms with Gasteiger partial charge < -0.3 is 0 Å². The number of benzene rings is 2. The van der Waals surface area contributed by atoms with Gasteiger partial charge in [0.2, 0.25) is 0 Å². The third kappa shape index (κ3) is 7.20. The van der Waals surface area contributed by atoms with E-state index < -0.39 is 0 Å². The summed E-state index contributed by atoms with van der Waals surface area (Å²) in [5.41, 5.74) is 19.4. The Balaban J connectivity index is 0.905. The van der Waals surface area contributed by atoms with Crippen LogP contribution in [0.4, 0.5) is 0 Å². The quantitative estimate of drug-likeness (QED) is 0.176. The summed E-state index contributed by atoms with van der Waals surface area (Å²) in [5, 5.41) is 5.68. The molecular weight excluding hydrogens is 749 g/mol. The van der Waals surface area contributed by atoms with E-state index in [-0.39, 0.29) is 5.92 Å². The van der Waals surface area contributed by atoms with Gasteiger partial charge in [-0.25, -0.2) is 4.98 Å².